The number of hydrazone groups is 1. The van der Waals surface area contributed by atoms with Crippen LogP contribution in [0.15, 0.2) is 16.3 Å². The number of hydrogen-bond donors (Lipinski definition) is 2. The first kappa shape index (κ1) is 5.40. The van der Waals surface area contributed by atoms with Crippen LogP contribution in [0, 0.1) is 0 Å². The summed E-state index contributed by atoms with van der Waals surface area (Å²) in [4.78, 5) is 0. The maximum atomic E-state index is 5.45. The zero-order valence-electron chi connectivity index (χ0n) is 4.00. The van der Waals surface area contributed by atoms with Crippen molar-refractivity contribution in [3.63, 3.8) is 0 Å². The highest BCUT2D eigenvalue weighted by atomic mass is 35.5. The van der Waals surface area contributed by atoms with Crippen LogP contribution >= 0.6 is 11.6 Å². The second kappa shape index (κ2) is 2.02. The van der Waals surface area contributed by atoms with Crippen molar-refractivity contribution in [1.82, 2.24) is 10.7 Å². The second-order valence-corrected chi connectivity index (χ2v) is 1.64. The predicted octanol–water partition coefficient (Wildman–Crippen LogP) is -0.254. The lowest BCUT2D eigenvalue weighted by atomic mass is 10.6. The van der Waals surface area contributed by atoms with Gasteiger partial charge in [0.05, 0.1) is 6.21 Å². The van der Waals surface area contributed by atoms with E-state index in [1.807, 2.05) is 0 Å². The van der Waals surface area contributed by atoms with E-state index < -0.39 is 0 Å². The molecule has 0 aromatic rings. The van der Waals surface area contributed by atoms with Crippen LogP contribution in [0.5, 0.6) is 0 Å². The molecule has 0 spiro atoms. The van der Waals surface area contributed by atoms with Gasteiger partial charge in [0.15, 0.2) is 0 Å². The normalized spacial score (nSPS) is 17.8. The van der Waals surface area contributed by atoms with E-state index in [2.05, 4.69) is 10.5 Å². The molecule has 0 radical (unpaired) electrons. The molecule has 0 unspecified atom stereocenters. The largest absolute Gasteiger partial charge is 0.256 e. The average Bonchev–Trinajstić information content (AvgIpc) is 1.64. The Hall–Kier alpha value is -0.740. The standard InChI is InChI=1S/C3H5ClN4/c4-3-1-2-6-8(5)7-3/h1-2,7H,5H2. The number of rotatable bonds is 0. The van der Waals surface area contributed by atoms with Crippen LogP contribution in [0.3, 0.4) is 0 Å². The Balaban J connectivity index is 2.59. The van der Waals surface area contributed by atoms with E-state index >= 15 is 0 Å². The summed E-state index contributed by atoms with van der Waals surface area (Å²) in [6.07, 6.45) is 3.10. The van der Waals surface area contributed by atoms with E-state index in [1.54, 1.807) is 6.08 Å². The minimum absolute atomic E-state index is 0.461. The van der Waals surface area contributed by atoms with Crippen molar-refractivity contribution in [3.05, 3.63) is 11.2 Å². The molecule has 1 rings (SSSR count). The fraction of sp³-hybridized carbons (Fsp3) is 0. The molecule has 4 nitrogen and oxygen atoms in total. The maximum Gasteiger partial charge on any atom is 0.125 e. The predicted molar refractivity (Wildman–Crippen MR) is 31.6 cm³/mol. The number of hydrazine groups is 2. The van der Waals surface area contributed by atoms with Gasteiger partial charge in [-0.2, -0.15) is 0 Å². The third-order valence-electron chi connectivity index (χ3n) is 0.633. The van der Waals surface area contributed by atoms with Gasteiger partial charge in [-0.05, 0) is 6.08 Å². The molecule has 1 aliphatic rings. The Kier molecular flexibility index (Phi) is 1.36. The summed E-state index contributed by atoms with van der Waals surface area (Å²) in [6.45, 7) is 0. The molecule has 0 amide bonds. The topological polar surface area (TPSA) is 53.6 Å². The molecule has 8 heavy (non-hydrogen) atoms. The molecule has 1 heterocycles. The van der Waals surface area contributed by atoms with Crippen molar-refractivity contribution in [2.75, 3.05) is 0 Å². The van der Waals surface area contributed by atoms with Gasteiger partial charge in [-0.25, -0.2) is 5.84 Å². The maximum absolute atomic E-state index is 5.45. The molecule has 0 bridgehead atoms. The van der Waals surface area contributed by atoms with E-state index in [0.29, 0.717) is 5.16 Å². The smallest absolute Gasteiger partial charge is 0.125 e. The first-order valence-electron chi connectivity index (χ1n) is 2.00. The minimum atomic E-state index is 0.461. The molecule has 5 heteroatoms. The second-order valence-electron chi connectivity index (χ2n) is 1.24. The van der Waals surface area contributed by atoms with Crippen molar-refractivity contribution in [2.24, 2.45) is 10.9 Å². The van der Waals surface area contributed by atoms with E-state index in [0.717, 1.165) is 5.23 Å². The first-order valence-corrected chi connectivity index (χ1v) is 2.38. The van der Waals surface area contributed by atoms with Crippen molar-refractivity contribution in [1.29, 1.82) is 0 Å². The van der Waals surface area contributed by atoms with Gasteiger partial charge in [0.2, 0.25) is 0 Å². The van der Waals surface area contributed by atoms with Crippen LogP contribution < -0.4 is 11.3 Å². The number of hydrogen-bond acceptors (Lipinski definition) is 4. The number of allylic oxidation sites excluding steroid dienone is 1. The van der Waals surface area contributed by atoms with Crippen molar-refractivity contribution in [3.8, 4) is 0 Å². The first-order chi connectivity index (χ1) is 3.79. The lowest BCUT2D eigenvalue weighted by Gasteiger charge is -2.15. The SMILES string of the molecule is NN1N=CC=C(Cl)N1. The van der Waals surface area contributed by atoms with E-state index in [1.165, 1.54) is 6.21 Å². The van der Waals surface area contributed by atoms with Crippen molar-refractivity contribution >= 4 is 17.8 Å². The Morgan fingerprint density at radius 2 is 2.62 bits per heavy atom. The summed E-state index contributed by atoms with van der Waals surface area (Å²) < 4.78 is 0. The van der Waals surface area contributed by atoms with Crippen LogP contribution in [-0.2, 0) is 0 Å². The van der Waals surface area contributed by atoms with Gasteiger partial charge in [-0.15, -0.1) is 10.3 Å². The molecule has 0 saturated heterocycles. The number of halogens is 1. The van der Waals surface area contributed by atoms with Gasteiger partial charge in [-0.1, -0.05) is 11.6 Å². The van der Waals surface area contributed by atoms with Gasteiger partial charge < -0.3 is 0 Å². The van der Waals surface area contributed by atoms with Gasteiger partial charge in [0.1, 0.15) is 5.16 Å². The molecule has 3 N–H and O–H groups in total. The van der Waals surface area contributed by atoms with Crippen LogP contribution in [0.25, 0.3) is 0 Å². The van der Waals surface area contributed by atoms with Crippen molar-refractivity contribution in [2.45, 2.75) is 0 Å². The van der Waals surface area contributed by atoms with Gasteiger partial charge >= 0.3 is 0 Å². The van der Waals surface area contributed by atoms with Crippen LogP contribution in [-0.4, -0.2) is 11.4 Å². The van der Waals surface area contributed by atoms with E-state index in [9.17, 15) is 0 Å². The Labute approximate surface area is 51.5 Å². The highest BCUT2D eigenvalue weighted by Crippen LogP contribution is 1.97. The van der Waals surface area contributed by atoms with Crippen LogP contribution in [0.1, 0.15) is 0 Å². The zero-order valence-corrected chi connectivity index (χ0v) is 4.76. The highest BCUT2D eigenvalue weighted by molar-refractivity contribution is 6.30. The van der Waals surface area contributed by atoms with Crippen LogP contribution in [0.4, 0.5) is 0 Å². The summed E-state index contributed by atoms with van der Waals surface area (Å²) in [7, 11) is 0. The molecule has 1 aliphatic heterocycles. The van der Waals surface area contributed by atoms with Crippen LogP contribution in [0.2, 0.25) is 0 Å². The third-order valence-corrected chi connectivity index (χ3v) is 0.844. The molecule has 0 aliphatic carbocycles. The van der Waals surface area contributed by atoms with Gasteiger partial charge in [0.25, 0.3) is 0 Å². The Morgan fingerprint density at radius 3 is 3.00 bits per heavy atom. The molecule has 0 aromatic carbocycles. The zero-order chi connectivity index (χ0) is 5.98. The minimum Gasteiger partial charge on any atom is -0.256 e. The average molecular weight is 133 g/mol. The fourth-order valence-electron chi connectivity index (χ4n) is 0.346. The van der Waals surface area contributed by atoms with Crippen molar-refractivity contribution < 1.29 is 0 Å². The number of nitrogens with one attached hydrogen (secondary N) is 1. The molecular formula is C3H5ClN4. The lowest BCUT2D eigenvalue weighted by Crippen LogP contribution is -2.39. The monoisotopic (exact) mass is 132 g/mol. The highest BCUT2D eigenvalue weighted by Gasteiger charge is 1.96. The number of nitrogens with two attached hydrogens (primary N) is 1. The van der Waals surface area contributed by atoms with E-state index in [4.69, 9.17) is 17.4 Å². The summed E-state index contributed by atoms with van der Waals surface area (Å²) >= 11 is 5.45. The summed E-state index contributed by atoms with van der Waals surface area (Å²) in [5, 5.41) is 5.09. The molecule has 44 valence electrons. The third kappa shape index (κ3) is 1.11. The Bertz CT molecular complexity index is 140. The molecule has 0 saturated carbocycles. The molecule has 0 fully saturated rings. The van der Waals surface area contributed by atoms with Gasteiger partial charge in [0, 0.05) is 0 Å². The quantitative estimate of drug-likeness (QED) is 0.353. The van der Waals surface area contributed by atoms with Gasteiger partial charge in [-0.3, -0.25) is 5.43 Å². The summed E-state index contributed by atoms with van der Waals surface area (Å²) in [6, 6.07) is 0. The lowest BCUT2D eigenvalue weighted by molar-refractivity contribution is 0.234. The summed E-state index contributed by atoms with van der Waals surface area (Å²) in [5.41, 5.74) is 2.52. The summed E-state index contributed by atoms with van der Waals surface area (Å²) in [5.74, 6) is 5.12. The Morgan fingerprint density at radius 1 is 1.88 bits per heavy atom. The number of nitrogens with zero attached hydrogens (tertiary/aromatic N) is 2. The molecule has 0 aromatic heterocycles. The fourth-order valence-corrected chi connectivity index (χ4v) is 0.489. The van der Waals surface area contributed by atoms with E-state index in [-0.39, 0.29) is 0 Å². The molecule has 0 atom stereocenters. The molecular weight excluding hydrogens is 128 g/mol.